The first-order valence-electron chi connectivity index (χ1n) is 4.81. The van der Waals surface area contributed by atoms with Gasteiger partial charge in [-0.1, -0.05) is 13.8 Å². The second-order valence-electron chi connectivity index (χ2n) is 4.20. The minimum Gasteiger partial charge on any atom is -0.270 e. The summed E-state index contributed by atoms with van der Waals surface area (Å²) in [4.78, 5) is 0. The van der Waals surface area contributed by atoms with Gasteiger partial charge in [0.25, 0.3) is 10.1 Å². The summed E-state index contributed by atoms with van der Waals surface area (Å²) in [5, 5.41) is -0.874. The normalized spacial score (nSPS) is 25.9. The van der Waals surface area contributed by atoms with Crippen molar-refractivity contribution in [3.05, 3.63) is 0 Å². The summed E-state index contributed by atoms with van der Waals surface area (Å²) in [5.41, 5.74) is 0. The van der Waals surface area contributed by atoms with Crippen LogP contribution >= 0.6 is 0 Å². The Bertz CT molecular complexity index is 406. The number of hydrogen-bond donors (Lipinski definition) is 0. The fraction of sp³-hybridized carbons (Fsp3) is 1.00. The fourth-order valence-corrected chi connectivity index (χ4v) is 5.36. The van der Waals surface area contributed by atoms with Gasteiger partial charge >= 0.3 is 0 Å². The molecule has 0 saturated carbocycles. The lowest BCUT2D eigenvalue weighted by molar-refractivity contribution is 0.271. The third-order valence-electron chi connectivity index (χ3n) is 2.16. The molecule has 1 fully saturated rings. The molecule has 1 heterocycles. The molecule has 1 saturated heterocycles. The molecule has 0 amide bonds. The molecule has 0 N–H and O–H groups in total. The molecule has 0 aliphatic carbocycles. The second-order valence-corrected chi connectivity index (χ2v) is 8.31. The van der Waals surface area contributed by atoms with Gasteiger partial charge in [0.15, 0.2) is 9.84 Å². The Morgan fingerprint density at radius 2 is 2.00 bits per heavy atom. The molecule has 0 radical (unpaired) electrons. The third-order valence-corrected chi connectivity index (χ3v) is 5.83. The van der Waals surface area contributed by atoms with E-state index >= 15 is 0 Å². The molecule has 1 rings (SSSR count). The molecule has 7 heteroatoms. The van der Waals surface area contributed by atoms with Crippen molar-refractivity contribution in [2.75, 3.05) is 18.1 Å². The zero-order valence-electron chi connectivity index (χ0n) is 8.84. The van der Waals surface area contributed by atoms with Crippen LogP contribution in [0, 0.1) is 5.92 Å². The zero-order valence-corrected chi connectivity index (χ0v) is 10.5. The Morgan fingerprint density at radius 1 is 1.40 bits per heavy atom. The molecule has 90 valence electrons. The van der Waals surface area contributed by atoms with Crippen LogP contribution in [-0.2, 0) is 24.1 Å². The summed E-state index contributed by atoms with van der Waals surface area (Å²) in [6.07, 6.45) is 0.156. The molecule has 0 aromatic heterocycles. The minimum absolute atomic E-state index is 0.0536. The number of sulfone groups is 1. The number of hydrogen-bond acceptors (Lipinski definition) is 5. The van der Waals surface area contributed by atoms with Gasteiger partial charge in [-0.25, -0.2) is 8.42 Å². The van der Waals surface area contributed by atoms with Crippen molar-refractivity contribution in [2.45, 2.75) is 25.5 Å². The number of rotatable bonds is 4. The van der Waals surface area contributed by atoms with Crippen LogP contribution in [0.25, 0.3) is 0 Å². The molecule has 1 aliphatic rings. The smallest absolute Gasteiger partial charge is 0.270 e. The van der Waals surface area contributed by atoms with Gasteiger partial charge < -0.3 is 0 Å². The lowest BCUT2D eigenvalue weighted by Crippen LogP contribution is -2.26. The lowest BCUT2D eigenvalue weighted by atomic mass is 10.2. The van der Waals surface area contributed by atoms with E-state index in [0.717, 1.165) is 0 Å². The van der Waals surface area contributed by atoms with Crippen LogP contribution in [-0.4, -0.2) is 40.2 Å². The highest BCUT2D eigenvalue weighted by Gasteiger charge is 2.37. The first kappa shape index (κ1) is 12.9. The van der Waals surface area contributed by atoms with Gasteiger partial charge in [0.1, 0.15) is 5.25 Å². The standard InChI is InChI=1S/C8H16O5S2/c1-7(2)5-13-15(11,12)8-3-4-14(9,10)6-8/h7-8H,3-6H2,1-2H3/t8-/m1/s1. The van der Waals surface area contributed by atoms with Crippen LogP contribution in [0.5, 0.6) is 0 Å². The van der Waals surface area contributed by atoms with Crippen molar-refractivity contribution < 1.29 is 21.0 Å². The van der Waals surface area contributed by atoms with Gasteiger partial charge in [-0.05, 0) is 12.3 Å². The molecule has 0 bridgehead atoms. The lowest BCUT2D eigenvalue weighted by Gasteiger charge is -2.11. The highest BCUT2D eigenvalue weighted by molar-refractivity contribution is 7.94. The van der Waals surface area contributed by atoms with Crippen LogP contribution in [0.3, 0.4) is 0 Å². The van der Waals surface area contributed by atoms with Gasteiger partial charge in [0, 0.05) is 0 Å². The predicted molar refractivity (Wildman–Crippen MR) is 56.8 cm³/mol. The maximum absolute atomic E-state index is 11.5. The summed E-state index contributed by atoms with van der Waals surface area (Å²) in [7, 11) is -6.88. The van der Waals surface area contributed by atoms with E-state index in [1.54, 1.807) is 0 Å². The first-order valence-corrected chi connectivity index (χ1v) is 8.11. The fourth-order valence-electron chi connectivity index (χ4n) is 1.32. The molecule has 5 nitrogen and oxygen atoms in total. The summed E-state index contributed by atoms with van der Waals surface area (Å²) < 4.78 is 50.1. The van der Waals surface area contributed by atoms with E-state index in [0.29, 0.717) is 0 Å². The van der Waals surface area contributed by atoms with Gasteiger partial charge in [0.2, 0.25) is 0 Å². The van der Waals surface area contributed by atoms with E-state index in [9.17, 15) is 16.8 Å². The van der Waals surface area contributed by atoms with Crippen molar-refractivity contribution in [2.24, 2.45) is 5.92 Å². The van der Waals surface area contributed by atoms with Crippen molar-refractivity contribution in [1.29, 1.82) is 0 Å². The monoisotopic (exact) mass is 256 g/mol. The van der Waals surface area contributed by atoms with E-state index in [1.807, 2.05) is 13.8 Å². The van der Waals surface area contributed by atoms with Crippen LogP contribution in [0.1, 0.15) is 20.3 Å². The average Bonchev–Trinajstić information content (AvgIpc) is 2.43. The SMILES string of the molecule is CC(C)COS(=O)(=O)[C@@H]1CCS(=O)(=O)C1. The molecule has 0 unspecified atom stereocenters. The van der Waals surface area contributed by atoms with Crippen molar-refractivity contribution in [3.8, 4) is 0 Å². The highest BCUT2D eigenvalue weighted by atomic mass is 32.2. The summed E-state index contributed by atoms with van der Waals surface area (Å²) in [6.45, 7) is 3.78. The minimum atomic E-state index is -3.71. The topological polar surface area (TPSA) is 77.5 Å². The Morgan fingerprint density at radius 3 is 2.40 bits per heavy atom. The summed E-state index contributed by atoms with van der Waals surface area (Å²) in [6, 6.07) is 0. The average molecular weight is 256 g/mol. The molecule has 1 aliphatic heterocycles. The molecular formula is C8H16O5S2. The van der Waals surface area contributed by atoms with Crippen LogP contribution in [0.4, 0.5) is 0 Å². The van der Waals surface area contributed by atoms with Gasteiger partial charge in [-0.2, -0.15) is 8.42 Å². The predicted octanol–water partition coefficient (Wildman–Crippen LogP) is 0.176. The van der Waals surface area contributed by atoms with Crippen molar-refractivity contribution in [1.82, 2.24) is 0 Å². The van der Waals surface area contributed by atoms with Gasteiger partial charge in [0.05, 0.1) is 18.1 Å². The van der Waals surface area contributed by atoms with Crippen molar-refractivity contribution in [3.63, 3.8) is 0 Å². The van der Waals surface area contributed by atoms with E-state index in [4.69, 9.17) is 4.18 Å². The van der Waals surface area contributed by atoms with E-state index < -0.39 is 25.2 Å². The molecule has 15 heavy (non-hydrogen) atoms. The summed E-state index contributed by atoms with van der Waals surface area (Å²) >= 11 is 0. The molecular weight excluding hydrogens is 240 g/mol. The maximum Gasteiger partial charge on any atom is 0.271 e. The third kappa shape index (κ3) is 3.73. The Balaban J connectivity index is 2.64. The quantitative estimate of drug-likeness (QED) is 0.670. The van der Waals surface area contributed by atoms with Gasteiger partial charge in [-0.3, -0.25) is 4.18 Å². The zero-order chi connectivity index (χ0) is 11.7. The second kappa shape index (κ2) is 4.39. The van der Waals surface area contributed by atoms with E-state index in [-0.39, 0.29) is 30.5 Å². The Hall–Kier alpha value is -0.140. The largest absolute Gasteiger partial charge is 0.271 e. The molecule has 0 spiro atoms. The molecule has 1 atom stereocenters. The van der Waals surface area contributed by atoms with Crippen LogP contribution in [0.2, 0.25) is 0 Å². The Labute approximate surface area is 90.9 Å². The van der Waals surface area contributed by atoms with Gasteiger partial charge in [-0.15, -0.1) is 0 Å². The summed E-state index contributed by atoms with van der Waals surface area (Å²) in [5.74, 6) is -0.243. The van der Waals surface area contributed by atoms with Crippen molar-refractivity contribution >= 4 is 20.0 Å². The highest BCUT2D eigenvalue weighted by Crippen LogP contribution is 2.20. The Kier molecular flexibility index (Phi) is 3.78. The molecule has 0 aromatic rings. The van der Waals surface area contributed by atoms with Crippen LogP contribution in [0.15, 0.2) is 0 Å². The van der Waals surface area contributed by atoms with E-state index in [2.05, 4.69) is 0 Å². The maximum atomic E-state index is 11.5. The van der Waals surface area contributed by atoms with Crippen LogP contribution < -0.4 is 0 Å². The first-order chi connectivity index (χ1) is 6.73. The van der Waals surface area contributed by atoms with E-state index in [1.165, 1.54) is 0 Å². The molecule has 0 aromatic carbocycles.